The van der Waals surface area contributed by atoms with Gasteiger partial charge in [0.05, 0.1) is 0 Å². The first-order valence-electron chi connectivity index (χ1n) is 1.19. The van der Waals surface area contributed by atoms with Crippen LogP contribution in [0.2, 0.25) is 0 Å². The second kappa shape index (κ2) is 43.2. The molecule has 0 amide bonds. The van der Waals surface area contributed by atoms with E-state index >= 15 is 0 Å². The largest absolute Gasteiger partial charge is 1.00 e. The summed E-state index contributed by atoms with van der Waals surface area (Å²) in [5, 5.41) is 7.57. The molecular formula is C2H6Mo2OS2-2. The van der Waals surface area contributed by atoms with Gasteiger partial charge in [-0.1, -0.05) is 0 Å². The smallest absolute Gasteiger partial charge is 0.0402 e. The van der Waals surface area contributed by atoms with Crippen LogP contribution in [-0.4, -0.2) is 11.7 Å². The van der Waals surface area contributed by atoms with Gasteiger partial charge in [0.2, 0.25) is 0 Å². The molecule has 0 aromatic rings. The van der Waals surface area contributed by atoms with Gasteiger partial charge in [-0.05, 0) is 6.92 Å². The van der Waals surface area contributed by atoms with E-state index in [0.29, 0.717) is 0 Å². The van der Waals surface area contributed by atoms with Crippen molar-refractivity contribution in [1.29, 1.82) is 0 Å². The van der Waals surface area contributed by atoms with E-state index in [0.717, 1.165) is 0 Å². The molecule has 0 rings (SSSR count). The average molecular weight is 302 g/mol. The quantitative estimate of drug-likeness (QED) is 0.386. The Bertz CT molecular complexity index is 13.7. The maximum absolute atomic E-state index is 7.57. The van der Waals surface area contributed by atoms with Gasteiger partial charge in [-0.2, -0.15) is 0 Å². The first-order chi connectivity index (χ1) is 2.41. The Balaban J connectivity index is -0.0000000105. The molecule has 0 saturated carbocycles. The zero-order valence-corrected chi connectivity index (χ0v) is 9.43. The van der Waals surface area contributed by atoms with Crippen LogP contribution >= 0.6 is 0 Å². The Morgan fingerprint density at radius 3 is 1.29 bits per heavy atom. The molecule has 0 atom stereocenters. The molecule has 46 valence electrons. The van der Waals surface area contributed by atoms with Crippen molar-refractivity contribution in [3.05, 3.63) is 0 Å². The Morgan fingerprint density at radius 1 is 1.29 bits per heavy atom. The second-order valence-electron chi connectivity index (χ2n) is 0.316. The second-order valence-corrected chi connectivity index (χ2v) is 0.316. The van der Waals surface area contributed by atoms with E-state index in [-0.39, 0.29) is 48.7 Å². The summed E-state index contributed by atoms with van der Waals surface area (Å²) in [6.45, 7) is 1.93. The fourth-order valence-electron chi connectivity index (χ4n) is 0. The van der Waals surface area contributed by atoms with Crippen molar-refractivity contribution in [2.24, 2.45) is 0 Å². The van der Waals surface area contributed by atoms with E-state index in [1.165, 1.54) is 0 Å². The summed E-state index contributed by atoms with van der Waals surface area (Å²) in [6.07, 6.45) is 0. The van der Waals surface area contributed by atoms with Crippen molar-refractivity contribution in [1.82, 2.24) is 0 Å². The summed E-state index contributed by atoms with van der Waals surface area (Å²) in [4.78, 5) is 0. The molecule has 0 spiro atoms. The van der Waals surface area contributed by atoms with E-state index in [4.69, 9.17) is 5.11 Å². The van der Waals surface area contributed by atoms with Crippen LogP contribution in [0.1, 0.15) is 6.92 Å². The van der Waals surface area contributed by atoms with Gasteiger partial charge >= 0.3 is 0 Å². The molecule has 1 nitrogen and oxygen atoms in total. The average Bonchev–Trinajstić information content (AvgIpc) is 1.46. The van der Waals surface area contributed by atoms with Crippen molar-refractivity contribution >= 4 is 23.3 Å². The molecule has 7 heavy (non-hydrogen) atoms. The molecule has 1 N–H and O–H groups in total. The third-order valence-corrected chi connectivity index (χ3v) is 0. The number of aliphatic hydroxyl groups excluding tert-OH is 1. The minimum absolute atomic E-state index is 0. The number of hydrogen-bond donors (Lipinski definition) is 1. The molecule has 0 unspecified atom stereocenters. The first-order valence-corrected chi connectivity index (χ1v) is 2.52. The summed E-state index contributed by atoms with van der Waals surface area (Å²) in [7, 11) is 0. The summed E-state index contributed by atoms with van der Waals surface area (Å²) < 4.78 is 0. The zero-order chi connectivity index (χ0) is 4.71. The monoisotopic (exact) mass is 306 g/mol. The van der Waals surface area contributed by atoms with E-state index in [9.17, 15) is 0 Å². The standard InChI is InChI=1S/C2H6O.2Mo.S2/c1-2-3;;;1-2/h3H,2H2,1H3;;;/q;;;-2. The van der Waals surface area contributed by atoms with Gasteiger partial charge in [0.25, 0.3) is 0 Å². The third kappa shape index (κ3) is 70.6. The van der Waals surface area contributed by atoms with Crippen LogP contribution in [0, 0.1) is 0 Å². The normalized spacial score (nSPS) is 3.43. The van der Waals surface area contributed by atoms with Crippen molar-refractivity contribution in [2.75, 3.05) is 6.61 Å². The van der Waals surface area contributed by atoms with Crippen molar-refractivity contribution in [3.8, 4) is 0 Å². The topological polar surface area (TPSA) is 20.2 Å². The number of rotatable bonds is 0. The van der Waals surface area contributed by atoms with Crippen molar-refractivity contribution in [3.63, 3.8) is 0 Å². The van der Waals surface area contributed by atoms with Gasteiger partial charge in [-0.3, -0.25) is 0 Å². The van der Waals surface area contributed by atoms with E-state index in [2.05, 4.69) is 23.3 Å². The Morgan fingerprint density at radius 2 is 1.29 bits per heavy atom. The van der Waals surface area contributed by atoms with Gasteiger partial charge in [0.1, 0.15) is 0 Å². The molecule has 0 aliphatic heterocycles. The SMILES string of the molecule is CCO.[Mo].[Mo].[S-][S-]. The number of aliphatic hydroxyl groups is 1. The first kappa shape index (κ1) is 23.0. The maximum atomic E-state index is 7.57. The molecule has 0 aliphatic rings. The molecule has 0 aromatic heterocycles. The van der Waals surface area contributed by atoms with Gasteiger partial charge < -0.3 is 28.4 Å². The van der Waals surface area contributed by atoms with Crippen LogP contribution in [0.15, 0.2) is 0 Å². The van der Waals surface area contributed by atoms with Gasteiger partial charge in [0.15, 0.2) is 0 Å². The van der Waals surface area contributed by atoms with Crippen LogP contribution in [0.25, 0.3) is 0 Å². The fraction of sp³-hybridized carbons (Fsp3) is 1.00. The molecule has 0 radical (unpaired) electrons. The fourth-order valence-corrected chi connectivity index (χ4v) is 0. The number of hydrogen-bond acceptors (Lipinski definition) is 3. The summed E-state index contributed by atoms with van der Waals surface area (Å²) in [5.41, 5.74) is 0. The minimum Gasteiger partial charge on any atom is -1.00 e. The van der Waals surface area contributed by atoms with Gasteiger partial charge in [-0.25, -0.2) is 0 Å². The third-order valence-electron chi connectivity index (χ3n) is 0. The predicted molar refractivity (Wildman–Crippen MR) is 27.5 cm³/mol. The summed E-state index contributed by atoms with van der Waals surface area (Å²) in [5.74, 6) is 0. The minimum atomic E-state index is 0. The van der Waals surface area contributed by atoms with Crippen LogP contribution in [0.5, 0.6) is 0 Å². The Hall–Kier alpha value is 2.04. The summed E-state index contributed by atoms with van der Waals surface area (Å²) >= 11 is 7.33. The Kier molecular flexibility index (Phi) is 142. The van der Waals surface area contributed by atoms with Crippen molar-refractivity contribution in [2.45, 2.75) is 6.92 Å². The molecule has 0 bridgehead atoms. The van der Waals surface area contributed by atoms with Gasteiger partial charge in [0, 0.05) is 48.7 Å². The molecule has 0 aliphatic carbocycles. The van der Waals surface area contributed by atoms with E-state index in [1.807, 2.05) is 0 Å². The molecule has 0 saturated heterocycles. The van der Waals surface area contributed by atoms with Crippen molar-refractivity contribution < 1.29 is 47.2 Å². The Labute approximate surface area is 83.4 Å². The summed E-state index contributed by atoms with van der Waals surface area (Å²) in [6, 6.07) is 0. The van der Waals surface area contributed by atoms with Crippen LogP contribution in [-0.2, 0) is 65.5 Å². The molecule has 0 fully saturated rings. The molecule has 0 heterocycles. The van der Waals surface area contributed by atoms with E-state index in [1.54, 1.807) is 6.92 Å². The molecule has 0 aromatic carbocycles. The van der Waals surface area contributed by atoms with Gasteiger partial charge in [-0.15, -0.1) is 0 Å². The molecule has 5 heteroatoms. The van der Waals surface area contributed by atoms with Crippen LogP contribution in [0.4, 0.5) is 0 Å². The molecular weight excluding hydrogens is 296 g/mol. The predicted octanol–water partition coefficient (Wildman–Crippen LogP) is -0.0112. The van der Waals surface area contributed by atoms with Crippen LogP contribution in [0.3, 0.4) is 0 Å². The van der Waals surface area contributed by atoms with E-state index < -0.39 is 0 Å². The maximum Gasteiger partial charge on any atom is 0.0402 e. The zero-order valence-electron chi connectivity index (χ0n) is 3.79. The van der Waals surface area contributed by atoms with Crippen LogP contribution < -0.4 is 0 Å².